The summed E-state index contributed by atoms with van der Waals surface area (Å²) in [5, 5.41) is 0. The predicted molar refractivity (Wildman–Crippen MR) is 80.6 cm³/mol. The molecule has 19 heavy (non-hydrogen) atoms. The van der Waals surface area contributed by atoms with Gasteiger partial charge in [0.2, 0.25) is 0 Å². The third-order valence-corrected chi connectivity index (χ3v) is 3.65. The van der Waals surface area contributed by atoms with Gasteiger partial charge in [-0.25, -0.2) is 0 Å². The Morgan fingerprint density at radius 3 is 2.53 bits per heavy atom. The first kappa shape index (κ1) is 13.7. The molecule has 0 aliphatic heterocycles. The number of benzene rings is 1. The van der Waals surface area contributed by atoms with Crippen LogP contribution in [0.2, 0.25) is 0 Å². The minimum atomic E-state index is 0.907. The topological polar surface area (TPSA) is 13.1 Å². The van der Waals surface area contributed by atoms with E-state index in [4.69, 9.17) is 4.42 Å². The molecular formula is C18H22O. The lowest BCUT2D eigenvalue weighted by molar-refractivity contribution is 0.473. The standard InChI is InChI=1S/C18H22O/c1-4-9-17-14(2)15(3)19-18(17)13-8-12-16-10-6-5-7-11-16/h4-7,10-11H,1,8-9,12-13H2,2-3H3. The van der Waals surface area contributed by atoms with E-state index < -0.39 is 0 Å². The maximum absolute atomic E-state index is 5.89. The van der Waals surface area contributed by atoms with E-state index in [0.717, 1.165) is 37.2 Å². The Balaban J connectivity index is 1.99. The molecule has 0 unspecified atom stereocenters. The molecule has 0 spiro atoms. The van der Waals surface area contributed by atoms with Crippen molar-refractivity contribution in [1.82, 2.24) is 0 Å². The summed E-state index contributed by atoms with van der Waals surface area (Å²) >= 11 is 0. The maximum atomic E-state index is 5.89. The van der Waals surface area contributed by atoms with Gasteiger partial charge in [0.15, 0.2) is 0 Å². The summed E-state index contributed by atoms with van der Waals surface area (Å²) in [5.41, 5.74) is 4.02. The molecule has 0 aliphatic carbocycles. The van der Waals surface area contributed by atoms with Crippen LogP contribution in [0, 0.1) is 13.8 Å². The predicted octanol–water partition coefficient (Wildman–Crippen LogP) is 4.80. The van der Waals surface area contributed by atoms with E-state index in [-0.39, 0.29) is 0 Å². The molecule has 0 N–H and O–H groups in total. The first-order valence-electron chi connectivity index (χ1n) is 6.95. The van der Waals surface area contributed by atoms with Crippen molar-refractivity contribution in [2.24, 2.45) is 0 Å². The van der Waals surface area contributed by atoms with Crippen LogP contribution in [0.1, 0.15) is 34.6 Å². The van der Waals surface area contributed by atoms with Crippen molar-refractivity contribution < 1.29 is 4.42 Å². The summed E-state index contributed by atoms with van der Waals surface area (Å²) in [6.45, 7) is 8.02. The van der Waals surface area contributed by atoms with Gasteiger partial charge in [0.05, 0.1) is 0 Å². The number of hydrogen-bond donors (Lipinski definition) is 0. The van der Waals surface area contributed by atoms with Crippen LogP contribution < -0.4 is 0 Å². The van der Waals surface area contributed by atoms with Crippen molar-refractivity contribution in [1.29, 1.82) is 0 Å². The molecule has 1 aromatic carbocycles. The molecule has 0 atom stereocenters. The van der Waals surface area contributed by atoms with Gasteiger partial charge in [-0.15, -0.1) is 6.58 Å². The summed E-state index contributed by atoms with van der Waals surface area (Å²) < 4.78 is 5.89. The van der Waals surface area contributed by atoms with E-state index in [2.05, 4.69) is 43.8 Å². The fourth-order valence-corrected chi connectivity index (χ4v) is 2.46. The molecule has 0 radical (unpaired) electrons. The van der Waals surface area contributed by atoms with E-state index in [1.807, 2.05) is 13.0 Å². The van der Waals surface area contributed by atoms with E-state index in [9.17, 15) is 0 Å². The molecule has 1 heterocycles. The van der Waals surface area contributed by atoms with Crippen LogP contribution in [-0.2, 0) is 19.3 Å². The summed E-state index contributed by atoms with van der Waals surface area (Å²) in [4.78, 5) is 0. The number of rotatable bonds is 6. The lowest BCUT2D eigenvalue weighted by atomic mass is 10.0. The Hall–Kier alpha value is -1.76. The molecule has 1 heteroatoms. The summed E-state index contributed by atoms with van der Waals surface area (Å²) in [7, 11) is 0. The van der Waals surface area contributed by atoms with Gasteiger partial charge in [-0.05, 0) is 44.2 Å². The third-order valence-electron chi connectivity index (χ3n) is 3.65. The molecule has 1 nitrogen and oxygen atoms in total. The largest absolute Gasteiger partial charge is 0.466 e. The van der Waals surface area contributed by atoms with Gasteiger partial charge in [-0.3, -0.25) is 0 Å². The van der Waals surface area contributed by atoms with Crippen LogP contribution >= 0.6 is 0 Å². The fourth-order valence-electron chi connectivity index (χ4n) is 2.46. The molecule has 0 fully saturated rings. The quantitative estimate of drug-likeness (QED) is 0.675. The molecule has 100 valence electrons. The first-order valence-corrected chi connectivity index (χ1v) is 6.95. The van der Waals surface area contributed by atoms with Crippen molar-refractivity contribution in [3.05, 3.63) is 71.2 Å². The second-order valence-corrected chi connectivity index (χ2v) is 5.02. The van der Waals surface area contributed by atoms with Gasteiger partial charge >= 0.3 is 0 Å². The number of allylic oxidation sites excluding steroid dienone is 1. The van der Waals surface area contributed by atoms with Crippen molar-refractivity contribution in [3.8, 4) is 0 Å². The highest BCUT2D eigenvalue weighted by atomic mass is 16.3. The Labute approximate surface area is 116 Å². The van der Waals surface area contributed by atoms with Gasteiger partial charge in [-0.1, -0.05) is 36.4 Å². The fraction of sp³-hybridized carbons (Fsp3) is 0.333. The van der Waals surface area contributed by atoms with Crippen LogP contribution in [-0.4, -0.2) is 0 Å². The van der Waals surface area contributed by atoms with E-state index in [1.165, 1.54) is 16.7 Å². The van der Waals surface area contributed by atoms with E-state index >= 15 is 0 Å². The molecule has 1 aromatic heterocycles. The lowest BCUT2D eigenvalue weighted by Gasteiger charge is -2.02. The minimum absolute atomic E-state index is 0.907. The molecule has 0 saturated carbocycles. The summed E-state index contributed by atoms with van der Waals surface area (Å²) in [5.74, 6) is 2.19. The first-order chi connectivity index (χ1) is 9.22. The van der Waals surface area contributed by atoms with Gasteiger partial charge in [0.25, 0.3) is 0 Å². The monoisotopic (exact) mass is 254 g/mol. The van der Waals surface area contributed by atoms with E-state index in [0.29, 0.717) is 0 Å². The zero-order chi connectivity index (χ0) is 13.7. The van der Waals surface area contributed by atoms with Crippen LogP contribution in [0.4, 0.5) is 0 Å². The number of hydrogen-bond acceptors (Lipinski definition) is 1. The van der Waals surface area contributed by atoms with E-state index in [1.54, 1.807) is 0 Å². The average Bonchev–Trinajstić information content (AvgIpc) is 2.68. The normalized spacial score (nSPS) is 10.6. The van der Waals surface area contributed by atoms with Crippen molar-refractivity contribution >= 4 is 0 Å². The van der Waals surface area contributed by atoms with Gasteiger partial charge in [-0.2, -0.15) is 0 Å². The highest BCUT2D eigenvalue weighted by Gasteiger charge is 2.12. The SMILES string of the molecule is C=CCc1c(CCCc2ccccc2)oc(C)c1C. The van der Waals surface area contributed by atoms with Crippen molar-refractivity contribution in [2.75, 3.05) is 0 Å². The van der Waals surface area contributed by atoms with Crippen LogP contribution in [0.25, 0.3) is 0 Å². The molecule has 0 amide bonds. The molecule has 0 bridgehead atoms. The Morgan fingerprint density at radius 1 is 1.11 bits per heavy atom. The summed E-state index contributed by atoms with van der Waals surface area (Å²) in [6, 6.07) is 10.6. The smallest absolute Gasteiger partial charge is 0.107 e. The van der Waals surface area contributed by atoms with Crippen molar-refractivity contribution in [2.45, 2.75) is 39.5 Å². The van der Waals surface area contributed by atoms with Crippen LogP contribution in [0.15, 0.2) is 47.4 Å². The second kappa shape index (κ2) is 6.42. The van der Waals surface area contributed by atoms with Gasteiger partial charge in [0.1, 0.15) is 11.5 Å². The zero-order valence-corrected chi connectivity index (χ0v) is 11.9. The van der Waals surface area contributed by atoms with Crippen LogP contribution in [0.5, 0.6) is 0 Å². The highest BCUT2D eigenvalue weighted by Crippen LogP contribution is 2.24. The van der Waals surface area contributed by atoms with Gasteiger partial charge < -0.3 is 4.42 Å². The highest BCUT2D eigenvalue weighted by molar-refractivity contribution is 5.33. The molecule has 0 aliphatic rings. The zero-order valence-electron chi connectivity index (χ0n) is 11.9. The number of furan rings is 1. The third kappa shape index (κ3) is 3.37. The summed E-state index contributed by atoms with van der Waals surface area (Å²) in [6.07, 6.45) is 6.10. The average molecular weight is 254 g/mol. The Bertz CT molecular complexity index is 534. The number of aryl methyl sites for hydroxylation is 3. The minimum Gasteiger partial charge on any atom is -0.466 e. The molecular weight excluding hydrogens is 232 g/mol. The molecule has 0 saturated heterocycles. The lowest BCUT2D eigenvalue weighted by Crippen LogP contribution is -1.93. The Kier molecular flexibility index (Phi) is 4.62. The molecule has 2 aromatic rings. The van der Waals surface area contributed by atoms with Crippen molar-refractivity contribution in [3.63, 3.8) is 0 Å². The Morgan fingerprint density at radius 2 is 1.84 bits per heavy atom. The second-order valence-electron chi connectivity index (χ2n) is 5.02. The van der Waals surface area contributed by atoms with Gasteiger partial charge in [0, 0.05) is 12.0 Å². The van der Waals surface area contributed by atoms with Crippen LogP contribution in [0.3, 0.4) is 0 Å². The maximum Gasteiger partial charge on any atom is 0.107 e. The molecule has 2 rings (SSSR count).